The highest BCUT2D eigenvalue weighted by molar-refractivity contribution is 5.84. The molecule has 0 spiro atoms. The predicted molar refractivity (Wildman–Crippen MR) is 97.3 cm³/mol. The van der Waals surface area contributed by atoms with Crippen molar-refractivity contribution < 1.29 is 14.3 Å². The Balaban J connectivity index is 1.48. The summed E-state index contributed by atoms with van der Waals surface area (Å²) in [6.45, 7) is 6.16. The summed E-state index contributed by atoms with van der Waals surface area (Å²) >= 11 is 0. The number of aromatic nitrogens is 2. The van der Waals surface area contributed by atoms with Gasteiger partial charge in [-0.2, -0.15) is 0 Å². The van der Waals surface area contributed by atoms with Crippen molar-refractivity contribution in [1.29, 1.82) is 0 Å². The number of ether oxygens (including phenoxy) is 1. The maximum Gasteiger partial charge on any atom is 0.227 e. The lowest BCUT2D eigenvalue weighted by Gasteiger charge is -2.39. The Morgan fingerprint density at radius 1 is 1.35 bits per heavy atom. The number of nitrogens with one attached hydrogen (secondary N) is 1. The Kier molecular flexibility index (Phi) is 6.29. The number of amides is 2. The fourth-order valence-corrected chi connectivity index (χ4v) is 3.84. The molecule has 2 aliphatic heterocycles. The van der Waals surface area contributed by atoms with Crippen molar-refractivity contribution in [1.82, 2.24) is 19.8 Å². The monoisotopic (exact) mass is 362 g/mol. The molecule has 0 aliphatic carbocycles. The van der Waals surface area contributed by atoms with Gasteiger partial charge in [-0.15, -0.1) is 0 Å². The lowest BCUT2D eigenvalue weighted by Crippen LogP contribution is -2.52. The van der Waals surface area contributed by atoms with Crippen LogP contribution in [0.15, 0.2) is 18.7 Å². The van der Waals surface area contributed by atoms with Gasteiger partial charge < -0.3 is 19.5 Å². The van der Waals surface area contributed by atoms with E-state index in [9.17, 15) is 9.59 Å². The number of imidazole rings is 1. The van der Waals surface area contributed by atoms with Gasteiger partial charge in [0.1, 0.15) is 0 Å². The molecule has 7 nitrogen and oxygen atoms in total. The summed E-state index contributed by atoms with van der Waals surface area (Å²) in [5.74, 6) is 0.700. The Morgan fingerprint density at radius 3 is 2.88 bits per heavy atom. The van der Waals surface area contributed by atoms with Gasteiger partial charge in [-0.05, 0) is 38.5 Å². The van der Waals surface area contributed by atoms with Crippen LogP contribution in [0.4, 0.5) is 0 Å². The summed E-state index contributed by atoms with van der Waals surface area (Å²) in [4.78, 5) is 31.2. The summed E-state index contributed by atoms with van der Waals surface area (Å²) in [7, 11) is 0. The van der Waals surface area contributed by atoms with E-state index >= 15 is 0 Å². The van der Waals surface area contributed by atoms with Crippen LogP contribution < -0.4 is 5.32 Å². The van der Waals surface area contributed by atoms with Crippen LogP contribution in [0.2, 0.25) is 0 Å². The topological polar surface area (TPSA) is 76.5 Å². The first-order valence-electron chi connectivity index (χ1n) is 9.66. The second-order valence-electron chi connectivity index (χ2n) is 7.80. The van der Waals surface area contributed by atoms with Gasteiger partial charge in [-0.25, -0.2) is 4.98 Å². The number of hydrogen-bond acceptors (Lipinski definition) is 4. The van der Waals surface area contributed by atoms with E-state index < -0.39 is 5.41 Å². The maximum atomic E-state index is 12.8. The van der Waals surface area contributed by atoms with Gasteiger partial charge in [0.05, 0.1) is 11.7 Å². The zero-order valence-electron chi connectivity index (χ0n) is 15.7. The van der Waals surface area contributed by atoms with Gasteiger partial charge in [0.15, 0.2) is 0 Å². The molecule has 1 N–H and O–H groups in total. The minimum atomic E-state index is -0.492. The average Bonchev–Trinajstić information content (AvgIpc) is 3.18. The lowest BCUT2D eigenvalue weighted by molar-refractivity contribution is -0.141. The number of aryl methyl sites for hydroxylation is 1. The molecule has 0 bridgehead atoms. The number of carbonyl (C=O) groups excluding carboxylic acids is 2. The molecule has 144 valence electrons. The summed E-state index contributed by atoms with van der Waals surface area (Å²) in [5.41, 5.74) is -0.492. The number of piperidine rings is 1. The van der Waals surface area contributed by atoms with Crippen LogP contribution >= 0.6 is 0 Å². The van der Waals surface area contributed by atoms with Crippen molar-refractivity contribution in [3.05, 3.63) is 18.7 Å². The van der Waals surface area contributed by atoms with Gasteiger partial charge >= 0.3 is 0 Å². The summed E-state index contributed by atoms with van der Waals surface area (Å²) in [6, 6.07) is 0. The second-order valence-corrected chi connectivity index (χ2v) is 7.80. The fraction of sp³-hybridized carbons (Fsp3) is 0.737. The molecule has 1 atom stereocenters. The minimum absolute atomic E-state index is 0.0797. The average molecular weight is 362 g/mol. The zero-order chi connectivity index (χ0) is 18.4. The highest BCUT2D eigenvalue weighted by Gasteiger charge is 2.39. The van der Waals surface area contributed by atoms with E-state index in [1.54, 1.807) is 12.5 Å². The molecule has 1 aromatic heterocycles. The van der Waals surface area contributed by atoms with Crippen molar-refractivity contribution >= 4 is 11.8 Å². The van der Waals surface area contributed by atoms with Gasteiger partial charge in [0.25, 0.3) is 0 Å². The molecule has 0 radical (unpaired) electrons. The van der Waals surface area contributed by atoms with Crippen molar-refractivity contribution in [2.24, 2.45) is 11.3 Å². The molecular formula is C19H30N4O3. The predicted octanol–water partition coefficient (Wildman–Crippen LogP) is 1.44. The molecule has 26 heavy (non-hydrogen) atoms. The number of hydrogen-bond donors (Lipinski definition) is 1. The SMILES string of the molecule is C[C@@]1(C(=O)NCC2CCOCC2)CCCN(C(=O)CCn2ccnc2)C1. The summed E-state index contributed by atoms with van der Waals surface area (Å²) in [6.07, 6.45) is 9.46. The van der Waals surface area contributed by atoms with Gasteiger partial charge in [-0.3, -0.25) is 9.59 Å². The van der Waals surface area contributed by atoms with Crippen molar-refractivity contribution in [2.75, 3.05) is 32.8 Å². The van der Waals surface area contributed by atoms with E-state index in [0.29, 0.717) is 32.0 Å². The normalized spacial score (nSPS) is 24.4. The van der Waals surface area contributed by atoms with Crippen molar-refractivity contribution in [3.63, 3.8) is 0 Å². The van der Waals surface area contributed by atoms with E-state index in [1.165, 1.54) is 0 Å². The van der Waals surface area contributed by atoms with Crippen LogP contribution in [0, 0.1) is 11.3 Å². The molecule has 7 heteroatoms. The molecule has 3 heterocycles. The molecule has 2 saturated heterocycles. The second kappa shape index (κ2) is 8.66. The van der Waals surface area contributed by atoms with Crippen LogP contribution in [0.5, 0.6) is 0 Å². The molecule has 3 rings (SSSR count). The van der Waals surface area contributed by atoms with Gasteiger partial charge in [-0.1, -0.05) is 0 Å². The fourth-order valence-electron chi connectivity index (χ4n) is 3.84. The maximum absolute atomic E-state index is 12.8. The van der Waals surface area contributed by atoms with E-state index in [4.69, 9.17) is 4.74 Å². The quantitative estimate of drug-likeness (QED) is 0.831. The molecular weight excluding hydrogens is 332 g/mol. The standard InChI is InChI=1S/C19H30N4O3/c1-19(18(25)21-13-16-4-11-26-12-5-16)6-2-8-23(14-19)17(24)3-9-22-10-7-20-15-22/h7,10,15-16H,2-6,8-9,11-14H2,1H3,(H,21,25)/t19-/m1/s1. The van der Waals surface area contributed by atoms with Crippen LogP contribution in [0.25, 0.3) is 0 Å². The first-order valence-corrected chi connectivity index (χ1v) is 9.66. The van der Waals surface area contributed by atoms with Crippen molar-refractivity contribution in [2.45, 2.75) is 45.6 Å². The molecule has 0 unspecified atom stereocenters. The first-order chi connectivity index (χ1) is 12.6. The number of likely N-dealkylation sites (tertiary alicyclic amines) is 1. The van der Waals surface area contributed by atoms with Crippen LogP contribution in [0.1, 0.15) is 39.0 Å². The third-order valence-electron chi connectivity index (χ3n) is 5.63. The minimum Gasteiger partial charge on any atom is -0.381 e. The van der Waals surface area contributed by atoms with E-state index in [-0.39, 0.29) is 11.8 Å². The highest BCUT2D eigenvalue weighted by Crippen LogP contribution is 2.30. The number of nitrogens with zero attached hydrogens (tertiary/aromatic N) is 3. The zero-order valence-corrected chi connectivity index (χ0v) is 15.7. The molecule has 2 aliphatic rings. The molecule has 0 aromatic carbocycles. The molecule has 2 amide bonds. The molecule has 2 fully saturated rings. The van der Waals surface area contributed by atoms with E-state index in [1.807, 2.05) is 22.6 Å². The first kappa shape index (κ1) is 18.9. The third-order valence-corrected chi connectivity index (χ3v) is 5.63. The summed E-state index contributed by atoms with van der Waals surface area (Å²) < 4.78 is 7.27. The Bertz CT molecular complexity index is 598. The van der Waals surface area contributed by atoms with Crippen molar-refractivity contribution in [3.8, 4) is 0 Å². The van der Waals surface area contributed by atoms with Gasteiger partial charge in [0, 0.05) is 58.2 Å². The number of rotatable bonds is 6. The Hall–Kier alpha value is -1.89. The van der Waals surface area contributed by atoms with Crippen LogP contribution in [-0.2, 0) is 20.9 Å². The summed E-state index contributed by atoms with van der Waals surface area (Å²) in [5, 5.41) is 3.13. The Labute approximate surface area is 155 Å². The smallest absolute Gasteiger partial charge is 0.227 e. The highest BCUT2D eigenvalue weighted by atomic mass is 16.5. The van der Waals surface area contributed by atoms with Crippen LogP contribution in [0.3, 0.4) is 0 Å². The third kappa shape index (κ3) is 4.84. The van der Waals surface area contributed by atoms with E-state index in [0.717, 1.165) is 45.4 Å². The van der Waals surface area contributed by atoms with E-state index in [2.05, 4.69) is 10.3 Å². The largest absolute Gasteiger partial charge is 0.381 e. The molecule has 0 saturated carbocycles. The van der Waals surface area contributed by atoms with Crippen LogP contribution in [-0.4, -0.2) is 59.1 Å². The Morgan fingerprint density at radius 2 is 2.15 bits per heavy atom. The number of carbonyl (C=O) groups is 2. The van der Waals surface area contributed by atoms with Gasteiger partial charge in [0.2, 0.25) is 11.8 Å². The molecule has 1 aromatic rings. The lowest BCUT2D eigenvalue weighted by atomic mass is 9.80.